The molecular weight excluding hydrogens is 450 g/mol. The number of fused-ring (bicyclic) bond motifs is 2. The van der Waals surface area contributed by atoms with Gasteiger partial charge in [-0.1, -0.05) is 49.4 Å². The quantitative estimate of drug-likeness (QED) is 0.143. The Morgan fingerprint density at radius 3 is 2.10 bits per heavy atom. The number of benzene rings is 3. The molecule has 0 aliphatic carbocycles. The molecule has 0 saturated heterocycles. The van der Waals surface area contributed by atoms with Gasteiger partial charge in [-0.15, -0.1) is 84.1 Å². The van der Waals surface area contributed by atoms with Gasteiger partial charge >= 0.3 is 35.6 Å². The summed E-state index contributed by atoms with van der Waals surface area (Å²) in [6.45, 7) is 2.21. The van der Waals surface area contributed by atoms with Crippen LogP contribution in [0.25, 0.3) is 21.5 Å². The normalized spacial score (nSPS) is 10.4. The molecule has 29 heavy (non-hydrogen) atoms. The Balaban J connectivity index is 0.000000167. The number of hydrogen-bond donors (Lipinski definition) is 0. The Kier molecular flexibility index (Phi) is 9.00. The molecule has 0 aromatic heterocycles. The molecule has 0 radical (unpaired) electrons. The summed E-state index contributed by atoms with van der Waals surface area (Å²) in [5.41, 5.74) is 1.41. The van der Waals surface area contributed by atoms with E-state index in [2.05, 4.69) is 110 Å². The number of hydrogen-bond acceptors (Lipinski definition) is 0. The maximum Gasteiger partial charge on any atom is -0.0809 e. The van der Waals surface area contributed by atoms with E-state index in [1.54, 1.807) is 0 Å². The molecule has 0 amide bonds. The predicted octanol–water partition coefficient (Wildman–Crippen LogP) is 7.43. The fraction of sp³-hybridized carbons (Fsp3) is 0.0400. The molecule has 5 aromatic rings. The van der Waals surface area contributed by atoms with Crippen LogP contribution in [-0.2, 0) is 17.0 Å². The molecule has 0 aliphatic rings. The van der Waals surface area contributed by atoms with E-state index in [1.807, 2.05) is 0 Å². The molecule has 0 spiro atoms. The second-order valence-corrected chi connectivity index (χ2v) is 10.4. The van der Waals surface area contributed by atoms with Crippen molar-refractivity contribution in [2.24, 2.45) is 0 Å². The zero-order valence-electron chi connectivity index (χ0n) is 16.1. The first kappa shape index (κ1) is 22.3. The standard InChI is InChI=1S/C16H14P.C9H7.2ClH.Ti/c1-12-11-13-7-5-6-10-15(13)16(12)17-14-8-3-2-4-9-14;1-2-5-9-7-3-6-8(9)4-1;;;/h2-11,17H,1H3;1-7H;2*1H;/q2*-1;;;+2/p-2. The predicted molar refractivity (Wildman–Crippen MR) is 130 cm³/mol. The molecular formula is C25H21Cl2PTi-2. The molecule has 0 bridgehead atoms. The van der Waals surface area contributed by atoms with Crippen LogP contribution in [0.1, 0.15) is 5.56 Å². The molecule has 1 unspecified atom stereocenters. The third kappa shape index (κ3) is 6.29. The van der Waals surface area contributed by atoms with Crippen molar-refractivity contribution < 1.29 is 17.0 Å². The van der Waals surface area contributed by atoms with E-state index < -0.39 is 17.0 Å². The molecule has 5 rings (SSSR count). The van der Waals surface area contributed by atoms with Crippen LogP contribution in [0, 0.1) is 6.92 Å². The summed E-state index contributed by atoms with van der Waals surface area (Å²) in [6, 6.07) is 36.3. The molecule has 0 nitrogen and oxygen atoms in total. The van der Waals surface area contributed by atoms with Gasteiger partial charge in [0, 0.05) is 0 Å². The van der Waals surface area contributed by atoms with Gasteiger partial charge in [0.25, 0.3) is 0 Å². The maximum absolute atomic E-state index is 4.89. The van der Waals surface area contributed by atoms with Crippen LogP contribution in [-0.4, -0.2) is 0 Å². The summed E-state index contributed by atoms with van der Waals surface area (Å²) in [7, 11) is 10.5. The van der Waals surface area contributed by atoms with Crippen LogP contribution in [0.2, 0.25) is 0 Å². The fourth-order valence-corrected chi connectivity index (χ4v) is 4.55. The van der Waals surface area contributed by atoms with Crippen molar-refractivity contribution in [3.8, 4) is 0 Å². The van der Waals surface area contributed by atoms with Crippen molar-refractivity contribution in [3.05, 3.63) is 109 Å². The molecule has 1 atom stereocenters. The van der Waals surface area contributed by atoms with Gasteiger partial charge in [0.1, 0.15) is 0 Å². The molecule has 0 aliphatic heterocycles. The van der Waals surface area contributed by atoms with Gasteiger partial charge < -0.3 is 0 Å². The van der Waals surface area contributed by atoms with Gasteiger partial charge in [-0.2, -0.15) is 17.5 Å². The van der Waals surface area contributed by atoms with E-state index in [9.17, 15) is 0 Å². The zero-order chi connectivity index (χ0) is 20.5. The number of halogens is 2. The Bertz CT molecular complexity index is 1120. The van der Waals surface area contributed by atoms with Crippen LogP contribution in [0.15, 0.2) is 103 Å². The summed E-state index contributed by atoms with van der Waals surface area (Å²) in [4.78, 5) is 0. The average Bonchev–Trinajstić information content (AvgIpc) is 3.35. The molecule has 5 aromatic carbocycles. The van der Waals surface area contributed by atoms with E-state index in [4.69, 9.17) is 18.6 Å². The first-order valence-electron chi connectivity index (χ1n) is 9.26. The van der Waals surface area contributed by atoms with Crippen molar-refractivity contribution in [1.29, 1.82) is 0 Å². The van der Waals surface area contributed by atoms with E-state index in [1.165, 1.54) is 37.7 Å². The van der Waals surface area contributed by atoms with Crippen molar-refractivity contribution >= 4 is 59.3 Å². The monoisotopic (exact) mass is 470 g/mol. The number of rotatable bonds is 2. The van der Waals surface area contributed by atoms with Gasteiger partial charge in [0.2, 0.25) is 0 Å². The van der Waals surface area contributed by atoms with Gasteiger partial charge in [-0.3, -0.25) is 0 Å². The van der Waals surface area contributed by atoms with Crippen molar-refractivity contribution in [2.75, 3.05) is 0 Å². The van der Waals surface area contributed by atoms with E-state index in [0.717, 1.165) is 8.58 Å². The first-order chi connectivity index (χ1) is 14.2. The Labute approximate surface area is 191 Å². The van der Waals surface area contributed by atoms with E-state index in [0.29, 0.717) is 0 Å². The molecule has 0 N–H and O–H groups in total. The first-order valence-corrected chi connectivity index (χ1v) is 14.6. The zero-order valence-corrected chi connectivity index (χ0v) is 20.1. The largest absolute Gasteiger partial charge is 0.168 e. The summed E-state index contributed by atoms with van der Waals surface area (Å²) in [5.74, 6) is 0. The van der Waals surface area contributed by atoms with Gasteiger partial charge in [-0.05, 0) is 5.30 Å². The second kappa shape index (κ2) is 11.7. The molecule has 146 valence electrons. The summed E-state index contributed by atoms with van der Waals surface area (Å²) in [6.07, 6.45) is 0. The minimum atomic E-state index is -0.556. The van der Waals surface area contributed by atoms with Crippen LogP contribution < -0.4 is 10.6 Å². The van der Waals surface area contributed by atoms with Crippen LogP contribution in [0.3, 0.4) is 0 Å². The summed E-state index contributed by atoms with van der Waals surface area (Å²) < 4.78 is 0. The Hall–Kier alpha value is -1.40. The smallest absolute Gasteiger partial charge is 0.0809 e. The van der Waals surface area contributed by atoms with Crippen molar-refractivity contribution in [3.63, 3.8) is 0 Å². The molecule has 0 heterocycles. The molecule has 0 fully saturated rings. The van der Waals surface area contributed by atoms with Gasteiger partial charge in [0.15, 0.2) is 0 Å². The van der Waals surface area contributed by atoms with E-state index >= 15 is 0 Å². The Morgan fingerprint density at radius 2 is 1.38 bits per heavy atom. The third-order valence-electron chi connectivity index (χ3n) is 4.59. The van der Waals surface area contributed by atoms with Crippen LogP contribution >= 0.6 is 27.2 Å². The average molecular weight is 471 g/mol. The topological polar surface area (TPSA) is 0 Å². The Morgan fingerprint density at radius 1 is 0.759 bits per heavy atom. The van der Waals surface area contributed by atoms with Crippen molar-refractivity contribution in [1.82, 2.24) is 0 Å². The number of aryl methyl sites for hydroxylation is 1. The SMILES string of the molecule is Cc1[cH-]c2ccccc2c1Pc1ccccc1.[Cl][Ti][Cl].c1ccc2[cH-]ccc2c1. The minimum Gasteiger partial charge on any atom is -0.168 e. The van der Waals surface area contributed by atoms with Gasteiger partial charge in [0.05, 0.1) is 0 Å². The van der Waals surface area contributed by atoms with Crippen molar-refractivity contribution in [2.45, 2.75) is 6.92 Å². The van der Waals surface area contributed by atoms with Crippen LogP contribution in [0.4, 0.5) is 0 Å². The maximum atomic E-state index is 4.89. The third-order valence-corrected chi connectivity index (χ3v) is 6.12. The summed E-state index contributed by atoms with van der Waals surface area (Å²) in [5, 5.41) is 8.34. The molecule has 0 saturated carbocycles. The van der Waals surface area contributed by atoms with Gasteiger partial charge in [-0.25, -0.2) is 0 Å². The molecule has 4 heteroatoms. The van der Waals surface area contributed by atoms with E-state index in [-0.39, 0.29) is 0 Å². The summed E-state index contributed by atoms with van der Waals surface area (Å²) >= 11 is -0.556. The minimum absolute atomic E-state index is 0.556. The second-order valence-electron chi connectivity index (χ2n) is 6.51. The fourth-order valence-electron chi connectivity index (χ4n) is 3.27. The van der Waals surface area contributed by atoms with Crippen LogP contribution in [0.5, 0.6) is 0 Å².